The molecule has 0 aliphatic rings. The summed E-state index contributed by atoms with van der Waals surface area (Å²) in [4.78, 5) is 2.69. The fourth-order valence-corrected chi connectivity index (χ4v) is 1.10. The maximum absolute atomic E-state index is 9.04. The van der Waals surface area contributed by atoms with Crippen LogP contribution in [0.4, 0.5) is 0 Å². The van der Waals surface area contributed by atoms with E-state index in [2.05, 4.69) is 4.98 Å². The van der Waals surface area contributed by atoms with Gasteiger partial charge in [0.15, 0.2) is 5.88 Å². The normalized spacial score (nSPS) is 10.5. The number of phenols is 1. The number of fused-ring (bicyclic) bond motifs is 1. The third-order valence-corrected chi connectivity index (χ3v) is 1.59. The van der Waals surface area contributed by atoms with Crippen LogP contribution in [-0.4, -0.2) is 15.2 Å². The molecule has 1 aromatic heterocycles. The first-order valence-corrected chi connectivity index (χ1v) is 3.26. The van der Waals surface area contributed by atoms with E-state index < -0.39 is 0 Å². The van der Waals surface area contributed by atoms with Gasteiger partial charge in [-0.2, -0.15) is 0 Å². The highest BCUT2D eigenvalue weighted by atomic mass is 16.3. The van der Waals surface area contributed by atoms with E-state index in [1.54, 1.807) is 24.3 Å². The molecule has 0 fully saturated rings. The minimum Gasteiger partial charge on any atom is -0.508 e. The Hall–Kier alpha value is -1.64. The molecule has 0 unspecified atom stereocenters. The first kappa shape index (κ1) is 6.09. The van der Waals surface area contributed by atoms with Crippen molar-refractivity contribution >= 4 is 10.9 Å². The summed E-state index contributed by atoms with van der Waals surface area (Å²) in [5.74, 6) is 0.310. The summed E-state index contributed by atoms with van der Waals surface area (Å²) in [6.45, 7) is 0. The molecule has 0 saturated heterocycles. The Morgan fingerprint density at radius 1 is 1.09 bits per heavy atom. The maximum Gasteiger partial charge on any atom is 0.189 e. The van der Waals surface area contributed by atoms with Crippen molar-refractivity contribution in [2.45, 2.75) is 0 Å². The fraction of sp³-hybridized carbons (Fsp3) is 0. The van der Waals surface area contributed by atoms with Crippen LogP contribution in [0.5, 0.6) is 11.6 Å². The van der Waals surface area contributed by atoms with Gasteiger partial charge in [0.05, 0.1) is 5.52 Å². The number of rotatable bonds is 0. The number of aromatic nitrogens is 1. The van der Waals surface area contributed by atoms with Crippen molar-refractivity contribution in [2.24, 2.45) is 0 Å². The molecular weight excluding hydrogens is 142 g/mol. The van der Waals surface area contributed by atoms with Crippen LogP contribution >= 0.6 is 0 Å². The molecule has 2 aromatic rings. The number of phenolic OH excluding ortho intramolecular Hbond substituents is 1. The van der Waals surface area contributed by atoms with Crippen molar-refractivity contribution in [2.75, 3.05) is 0 Å². The van der Waals surface area contributed by atoms with Gasteiger partial charge < -0.3 is 15.2 Å². The second kappa shape index (κ2) is 1.92. The molecule has 0 spiro atoms. The lowest BCUT2D eigenvalue weighted by Crippen LogP contribution is -1.66. The van der Waals surface area contributed by atoms with E-state index in [1.807, 2.05) is 0 Å². The zero-order chi connectivity index (χ0) is 7.84. The van der Waals surface area contributed by atoms with E-state index in [0.717, 1.165) is 10.9 Å². The molecule has 2 rings (SSSR count). The molecule has 11 heavy (non-hydrogen) atoms. The lowest BCUT2D eigenvalue weighted by Gasteiger charge is -1.89. The molecule has 56 valence electrons. The highest BCUT2D eigenvalue weighted by Crippen LogP contribution is 2.22. The fourth-order valence-electron chi connectivity index (χ4n) is 1.10. The third-order valence-electron chi connectivity index (χ3n) is 1.59. The third kappa shape index (κ3) is 0.902. The predicted octanol–water partition coefficient (Wildman–Crippen LogP) is 1.58. The number of benzene rings is 1. The molecule has 1 heterocycles. The highest BCUT2D eigenvalue weighted by Gasteiger charge is 1.98. The smallest absolute Gasteiger partial charge is 0.189 e. The van der Waals surface area contributed by atoms with Crippen molar-refractivity contribution < 1.29 is 10.2 Å². The van der Waals surface area contributed by atoms with Gasteiger partial charge >= 0.3 is 0 Å². The van der Waals surface area contributed by atoms with Crippen LogP contribution < -0.4 is 0 Å². The maximum atomic E-state index is 9.04. The standard InChI is InChI=1S/C8H7NO2/c10-6-2-1-5-3-8(11)9-7(5)4-6/h1-4,9-11H. The number of nitrogens with one attached hydrogen (secondary N) is 1. The average Bonchev–Trinajstić information content (AvgIpc) is 2.27. The van der Waals surface area contributed by atoms with Crippen LogP contribution in [0.3, 0.4) is 0 Å². The molecule has 0 saturated carbocycles. The van der Waals surface area contributed by atoms with Crippen molar-refractivity contribution in [1.29, 1.82) is 0 Å². The van der Waals surface area contributed by atoms with Crippen molar-refractivity contribution in [3.63, 3.8) is 0 Å². The summed E-state index contributed by atoms with van der Waals surface area (Å²) in [6, 6.07) is 6.49. The van der Waals surface area contributed by atoms with Crippen LogP contribution in [0.25, 0.3) is 10.9 Å². The van der Waals surface area contributed by atoms with Gasteiger partial charge in [-0.1, -0.05) is 0 Å². The zero-order valence-electron chi connectivity index (χ0n) is 5.70. The van der Waals surface area contributed by atoms with E-state index in [4.69, 9.17) is 10.2 Å². The van der Waals surface area contributed by atoms with Gasteiger partial charge in [-0.3, -0.25) is 0 Å². The minimum absolute atomic E-state index is 0.116. The van der Waals surface area contributed by atoms with Crippen LogP contribution in [0.2, 0.25) is 0 Å². The number of H-pyrrole nitrogens is 1. The van der Waals surface area contributed by atoms with Crippen LogP contribution in [-0.2, 0) is 0 Å². The summed E-state index contributed by atoms with van der Waals surface area (Å²) in [5.41, 5.74) is 0.738. The molecular formula is C8H7NO2. The summed E-state index contributed by atoms with van der Waals surface area (Å²) < 4.78 is 0. The Kier molecular flexibility index (Phi) is 1.06. The Bertz CT molecular complexity index is 392. The topological polar surface area (TPSA) is 56.2 Å². The summed E-state index contributed by atoms with van der Waals surface area (Å²) in [5, 5.41) is 18.9. The monoisotopic (exact) mass is 149 g/mol. The van der Waals surface area contributed by atoms with Gasteiger partial charge in [-0.05, 0) is 12.1 Å². The molecule has 3 N–H and O–H groups in total. The molecule has 0 amide bonds. The van der Waals surface area contributed by atoms with Crippen LogP contribution in [0.1, 0.15) is 0 Å². The van der Waals surface area contributed by atoms with Crippen molar-refractivity contribution in [1.82, 2.24) is 4.98 Å². The van der Waals surface area contributed by atoms with Gasteiger partial charge in [-0.25, -0.2) is 0 Å². The Labute approximate surface area is 62.9 Å². The van der Waals surface area contributed by atoms with E-state index in [-0.39, 0.29) is 11.6 Å². The second-order valence-corrected chi connectivity index (χ2v) is 2.43. The average molecular weight is 149 g/mol. The second-order valence-electron chi connectivity index (χ2n) is 2.43. The molecule has 0 aliphatic heterocycles. The molecule has 0 radical (unpaired) electrons. The lowest BCUT2D eigenvalue weighted by molar-refractivity contribution is 0.458. The molecule has 3 heteroatoms. The predicted molar refractivity (Wildman–Crippen MR) is 41.6 cm³/mol. The number of hydrogen-bond acceptors (Lipinski definition) is 2. The van der Waals surface area contributed by atoms with E-state index >= 15 is 0 Å². The van der Waals surface area contributed by atoms with E-state index in [9.17, 15) is 0 Å². The minimum atomic E-state index is 0.116. The molecule has 0 atom stereocenters. The SMILES string of the molecule is Oc1ccc2cc(O)[nH]c2c1. The first-order chi connectivity index (χ1) is 5.25. The van der Waals surface area contributed by atoms with Gasteiger partial charge in [0.25, 0.3) is 0 Å². The van der Waals surface area contributed by atoms with Gasteiger partial charge in [0.2, 0.25) is 0 Å². The van der Waals surface area contributed by atoms with Crippen LogP contribution in [0, 0.1) is 0 Å². The van der Waals surface area contributed by atoms with Crippen molar-refractivity contribution in [3.8, 4) is 11.6 Å². The van der Waals surface area contributed by atoms with E-state index in [0.29, 0.717) is 0 Å². The number of hydrogen-bond donors (Lipinski definition) is 3. The highest BCUT2D eigenvalue weighted by molar-refractivity contribution is 5.82. The molecule has 3 nitrogen and oxygen atoms in total. The summed E-state index contributed by atoms with van der Waals surface area (Å²) >= 11 is 0. The summed E-state index contributed by atoms with van der Waals surface area (Å²) in [6.07, 6.45) is 0. The Morgan fingerprint density at radius 3 is 2.73 bits per heavy atom. The first-order valence-electron chi connectivity index (χ1n) is 3.26. The summed E-state index contributed by atoms with van der Waals surface area (Å²) in [7, 11) is 0. The van der Waals surface area contributed by atoms with Gasteiger partial charge in [-0.15, -0.1) is 0 Å². The van der Waals surface area contributed by atoms with E-state index in [1.165, 1.54) is 0 Å². The zero-order valence-corrected chi connectivity index (χ0v) is 5.70. The quantitative estimate of drug-likeness (QED) is 0.532. The Balaban J connectivity index is 2.82. The molecule has 0 bridgehead atoms. The number of aromatic hydroxyl groups is 2. The molecule has 0 aliphatic carbocycles. The van der Waals surface area contributed by atoms with Gasteiger partial charge in [0, 0.05) is 17.5 Å². The van der Waals surface area contributed by atoms with Crippen molar-refractivity contribution in [3.05, 3.63) is 24.3 Å². The number of aromatic amines is 1. The van der Waals surface area contributed by atoms with Crippen LogP contribution in [0.15, 0.2) is 24.3 Å². The largest absolute Gasteiger partial charge is 0.508 e. The van der Waals surface area contributed by atoms with Gasteiger partial charge in [0.1, 0.15) is 5.75 Å². The lowest BCUT2D eigenvalue weighted by atomic mass is 10.2. The Morgan fingerprint density at radius 2 is 1.91 bits per heavy atom. The molecule has 1 aromatic carbocycles.